The van der Waals surface area contributed by atoms with Crippen LogP contribution in [0.4, 0.5) is 0 Å². The van der Waals surface area contributed by atoms with Crippen LogP contribution < -0.4 is 4.74 Å². The Hall–Kier alpha value is -2.46. The number of carbonyl (C=O) groups excluding carboxylic acids is 1. The van der Waals surface area contributed by atoms with E-state index < -0.39 is 0 Å². The predicted octanol–water partition coefficient (Wildman–Crippen LogP) is 3.52. The van der Waals surface area contributed by atoms with Gasteiger partial charge in [-0.3, -0.25) is 14.8 Å². The van der Waals surface area contributed by atoms with Gasteiger partial charge in [-0.1, -0.05) is 11.6 Å². The van der Waals surface area contributed by atoms with Crippen LogP contribution in [0.25, 0.3) is 11.0 Å². The summed E-state index contributed by atoms with van der Waals surface area (Å²) in [7, 11) is 1.52. The van der Waals surface area contributed by atoms with E-state index in [0.29, 0.717) is 27.4 Å². The van der Waals surface area contributed by atoms with Gasteiger partial charge in [0.15, 0.2) is 5.78 Å². The number of nitrogens with zero attached hydrogens (tertiary/aromatic N) is 2. The maximum Gasteiger partial charge on any atom is 0.196 e. The number of carbonyl (C=O) groups is 1. The van der Waals surface area contributed by atoms with Crippen molar-refractivity contribution in [3.05, 3.63) is 64.9 Å². The fourth-order valence-electron chi connectivity index (χ4n) is 2.12. The first-order chi connectivity index (χ1) is 10.2. The molecule has 1 aromatic heterocycles. The minimum Gasteiger partial charge on any atom is -0.496 e. The highest BCUT2D eigenvalue weighted by Gasteiger charge is 2.15. The zero-order valence-electron chi connectivity index (χ0n) is 11.2. The van der Waals surface area contributed by atoms with Crippen molar-refractivity contribution in [2.24, 2.45) is 0 Å². The van der Waals surface area contributed by atoms with E-state index in [1.54, 1.807) is 48.8 Å². The molecule has 0 amide bonds. The van der Waals surface area contributed by atoms with E-state index >= 15 is 0 Å². The third kappa shape index (κ3) is 2.58. The van der Waals surface area contributed by atoms with Gasteiger partial charge in [0.25, 0.3) is 0 Å². The SMILES string of the molecule is COc1ccc(Cl)cc1C(=O)c1ccc2nccnc2c1. The molecular formula is C16H11ClN2O2. The summed E-state index contributed by atoms with van der Waals surface area (Å²) in [6.07, 6.45) is 3.21. The second-order valence-corrected chi connectivity index (χ2v) is 4.87. The lowest BCUT2D eigenvalue weighted by atomic mass is 10.0. The van der Waals surface area contributed by atoms with Gasteiger partial charge in [0, 0.05) is 23.0 Å². The van der Waals surface area contributed by atoms with Gasteiger partial charge in [0.1, 0.15) is 5.75 Å². The molecule has 5 heteroatoms. The van der Waals surface area contributed by atoms with Gasteiger partial charge >= 0.3 is 0 Å². The molecule has 0 aliphatic heterocycles. The lowest BCUT2D eigenvalue weighted by Crippen LogP contribution is -2.04. The van der Waals surface area contributed by atoms with Crippen LogP contribution in [0, 0.1) is 0 Å². The van der Waals surface area contributed by atoms with Crippen molar-refractivity contribution >= 4 is 28.4 Å². The van der Waals surface area contributed by atoms with Crippen molar-refractivity contribution in [3.8, 4) is 5.75 Å². The molecule has 0 saturated heterocycles. The third-order valence-corrected chi connectivity index (χ3v) is 3.37. The number of benzene rings is 2. The fourth-order valence-corrected chi connectivity index (χ4v) is 2.29. The van der Waals surface area contributed by atoms with Gasteiger partial charge in [-0.2, -0.15) is 0 Å². The van der Waals surface area contributed by atoms with E-state index in [9.17, 15) is 4.79 Å². The monoisotopic (exact) mass is 298 g/mol. The van der Waals surface area contributed by atoms with Gasteiger partial charge in [0.05, 0.1) is 23.7 Å². The number of hydrogen-bond acceptors (Lipinski definition) is 4. The molecule has 0 bridgehead atoms. The molecule has 1 heterocycles. The molecule has 0 saturated carbocycles. The van der Waals surface area contributed by atoms with Gasteiger partial charge in [0.2, 0.25) is 0 Å². The van der Waals surface area contributed by atoms with E-state index in [1.165, 1.54) is 7.11 Å². The molecule has 104 valence electrons. The number of ether oxygens (including phenoxy) is 1. The molecule has 0 aliphatic rings. The van der Waals surface area contributed by atoms with Crippen LogP contribution in [-0.2, 0) is 0 Å². The molecule has 21 heavy (non-hydrogen) atoms. The highest BCUT2D eigenvalue weighted by Crippen LogP contribution is 2.26. The molecule has 4 nitrogen and oxygen atoms in total. The molecule has 0 atom stereocenters. The Morgan fingerprint density at radius 3 is 2.57 bits per heavy atom. The first kappa shape index (κ1) is 13.5. The fraction of sp³-hybridized carbons (Fsp3) is 0.0625. The van der Waals surface area contributed by atoms with Crippen molar-refractivity contribution < 1.29 is 9.53 Å². The Morgan fingerprint density at radius 1 is 1.05 bits per heavy atom. The average molecular weight is 299 g/mol. The first-order valence-corrected chi connectivity index (χ1v) is 6.66. The van der Waals surface area contributed by atoms with Gasteiger partial charge in [-0.05, 0) is 36.4 Å². The summed E-state index contributed by atoms with van der Waals surface area (Å²) in [4.78, 5) is 21.0. The van der Waals surface area contributed by atoms with E-state index in [0.717, 1.165) is 5.52 Å². The highest BCUT2D eigenvalue weighted by atomic mass is 35.5. The third-order valence-electron chi connectivity index (χ3n) is 3.14. The first-order valence-electron chi connectivity index (χ1n) is 6.28. The molecule has 0 unspecified atom stereocenters. The van der Waals surface area contributed by atoms with Crippen LogP contribution in [0.5, 0.6) is 5.75 Å². The number of hydrogen-bond donors (Lipinski definition) is 0. The summed E-state index contributed by atoms with van der Waals surface area (Å²) in [5.41, 5.74) is 2.35. The Bertz CT molecular complexity index is 833. The summed E-state index contributed by atoms with van der Waals surface area (Å²) in [6.45, 7) is 0. The smallest absolute Gasteiger partial charge is 0.196 e. The quantitative estimate of drug-likeness (QED) is 0.694. The van der Waals surface area contributed by atoms with Crippen LogP contribution in [0.1, 0.15) is 15.9 Å². The topological polar surface area (TPSA) is 52.1 Å². The molecule has 3 aromatic rings. The summed E-state index contributed by atoms with van der Waals surface area (Å²) >= 11 is 5.97. The number of halogens is 1. The Balaban J connectivity index is 2.10. The van der Waals surface area contributed by atoms with E-state index in [1.807, 2.05) is 0 Å². The standard InChI is InChI=1S/C16H11ClN2O2/c1-21-15-5-3-11(17)9-12(15)16(20)10-2-4-13-14(8-10)19-7-6-18-13/h2-9H,1H3. The molecule has 3 rings (SSSR count). The van der Waals surface area contributed by atoms with Crippen LogP contribution in [0.2, 0.25) is 5.02 Å². The molecule has 0 radical (unpaired) electrons. The number of aromatic nitrogens is 2. The van der Waals surface area contributed by atoms with Crippen LogP contribution in [0.15, 0.2) is 48.8 Å². The number of methoxy groups -OCH3 is 1. The maximum absolute atomic E-state index is 12.6. The summed E-state index contributed by atoms with van der Waals surface area (Å²) < 4.78 is 5.22. The Morgan fingerprint density at radius 2 is 1.81 bits per heavy atom. The normalized spacial score (nSPS) is 10.6. The predicted molar refractivity (Wildman–Crippen MR) is 81.0 cm³/mol. The van der Waals surface area contributed by atoms with Gasteiger partial charge in [-0.25, -0.2) is 0 Å². The van der Waals surface area contributed by atoms with Crippen molar-refractivity contribution in [1.82, 2.24) is 9.97 Å². The summed E-state index contributed by atoms with van der Waals surface area (Å²) in [5, 5.41) is 0.486. The van der Waals surface area contributed by atoms with Crippen LogP contribution in [0.3, 0.4) is 0 Å². The number of rotatable bonds is 3. The summed E-state index contributed by atoms with van der Waals surface area (Å²) in [5.74, 6) is 0.325. The van der Waals surface area contributed by atoms with Gasteiger partial charge < -0.3 is 4.74 Å². The summed E-state index contributed by atoms with van der Waals surface area (Å²) in [6, 6.07) is 10.2. The Kier molecular flexibility index (Phi) is 3.54. The van der Waals surface area contributed by atoms with Crippen molar-refractivity contribution in [1.29, 1.82) is 0 Å². The molecule has 0 spiro atoms. The molecule has 0 aliphatic carbocycles. The maximum atomic E-state index is 12.6. The highest BCUT2D eigenvalue weighted by molar-refractivity contribution is 6.31. The number of fused-ring (bicyclic) bond motifs is 1. The van der Waals surface area contributed by atoms with Crippen LogP contribution >= 0.6 is 11.6 Å². The van der Waals surface area contributed by atoms with Crippen molar-refractivity contribution in [3.63, 3.8) is 0 Å². The molecular weight excluding hydrogens is 288 g/mol. The zero-order valence-corrected chi connectivity index (χ0v) is 12.0. The lowest BCUT2D eigenvalue weighted by Gasteiger charge is -2.08. The average Bonchev–Trinajstić information content (AvgIpc) is 2.53. The van der Waals surface area contributed by atoms with E-state index in [2.05, 4.69) is 9.97 Å². The molecule has 2 aromatic carbocycles. The van der Waals surface area contributed by atoms with Crippen LogP contribution in [-0.4, -0.2) is 22.9 Å². The molecule has 0 N–H and O–H groups in total. The zero-order chi connectivity index (χ0) is 14.8. The van der Waals surface area contributed by atoms with Crippen molar-refractivity contribution in [2.75, 3.05) is 7.11 Å². The Labute approximate surface area is 126 Å². The second-order valence-electron chi connectivity index (χ2n) is 4.43. The minimum absolute atomic E-state index is 0.165. The molecule has 0 fully saturated rings. The minimum atomic E-state index is -0.165. The van der Waals surface area contributed by atoms with Crippen molar-refractivity contribution in [2.45, 2.75) is 0 Å². The number of ketones is 1. The van der Waals surface area contributed by atoms with E-state index in [-0.39, 0.29) is 5.78 Å². The van der Waals surface area contributed by atoms with E-state index in [4.69, 9.17) is 16.3 Å². The largest absolute Gasteiger partial charge is 0.496 e. The van der Waals surface area contributed by atoms with Gasteiger partial charge in [-0.15, -0.1) is 0 Å². The second kappa shape index (κ2) is 5.50. The lowest BCUT2D eigenvalue weighted by molar-refractivity contribution is 0.103.